The highest BCUT2D eigenvalue weighted by Gasteiger charge is 2.34. The van der Waals surface area contributed by atoms with E-state index in [0.717, 1.165) is 37.2 Å². The zero-order valence-electron chi connectivity index (χ0n) is 11.1. The quantitative estimate of drug-likeness (QED) is 0.878. The van der Waals surface area contributed by atoms with E-state index in [1.165, 1.54) is 25.7 Å². The van der Waals surface area contributed by atoms with Crippen LogP contribution in [0.5, 0.6) is 0 Å². The van der Waals surface area contributed by atoms with Gasteiger partial charge in [-0.25, -0.2) is 4.98 Å². The van der Waals surface area contributed by atoms with Crippen molar-refractivity contribution in [3.05, 3.63) is 18.1 Å². The molecule has 3 fully saturated rings. The zero-order valence-corrected chi connectivity index (χ0v) is 11.1. The average molecular weight is 260 g/mol. The minimum Gasteiger partial charge on any atom is -0.371 e. The van der Waals surface area contributed by atoms with E-state index in [1.54, 1.807) is 0 Å². The molecule has 3 heterocycles. The van der Waals surface area contributed by atoms with E-state index in [1.807, 2.05) is 12.4 Å². The summed E-state index contributed by atoms with van der Waals surface area (Å²) in [6.07, 6.45) is 9.62. The molecule has 1 saturated carbocycles. The first kappa shape index (κ1) is 11.6. The third-order valence-electron chi connectivity index (χ3n) is 4.21. The molecule has 3 aliphatic rings. The van der Waals surface area contributed by atoms with Crippen molar-refractivity contribution in [3.8, 4) is 0 Å². The van der Waals surface area contributed by atoms with Crippen LogP contribution < -0.4 is 10.2 Å². The number of morpholine rings is 1. The predicted molar refractivity (Wildman–Crippen MR) is 72.0 cm³/mol. The van der Waals surface area contributed by atoms with Crippen LogP contribution in [0, 0.1) is 0 Å². The van der Waals surface area contributed by atoms with Gasteiger partial charge < -0.3 is 15.0 Å². The molecule has 0 radical (unpaired) electrons. The molecule has 19 heavy (non-hydrogen) atoms. The van der Waals surface area contributed by atoms with E-state index in [9.17, 15) is 0 Å². The van der Waals surface area contributed by atoms with Crippen LogP contribution in [-0.2, 0) is 11.3 Å². The van der Waals surface area contributed by atoms with E-state index in [0.29, 0.717) is 12.2 Å². The number of aromatic nitrogens is 2. The maximum atomic E-state index is 5.84. The van der Waals surface area contributed by atoms with Crippen LogP contribution in [0.4, 0.5) is 5.82 Å². The Morgan fingerprint density at radius 1 is 1.11 bits per heavy atom. The van der Waals surface area contributed by atoms with E-state index < -0.39 is 0 Å². The van der Waals surface area contributed by atoms with Crippen molar-refractivity contribution in [2.24, 2.45) is 0 Å². The summed E-state index contributed by atoms with van der Waals surface area (Å²) in [7, 11) is 0. The summed E-state index contributed by atoms with van der Waals surface area (Å²) < 4.78 is 5.84. The smallest absolute Gasteiger partial charge is 0.147 e. The van der Waals surface area contributed by atoms with Crippen molar-refractivity contribution in [1.82, 2.24) is 15.3 Å². The van der Waals surface area contributed by atoms with Crippen LogP contribution in [0.25, 0.3) is 0 Å². The number of hydrogen-bond donors (Lipinski definition) is 1. The number of nitrogens with zero attached hydrogens (tertiary/aromatic N) is 3. The maximum absolute atomic E-state index is 5.84. The Morgan fingerprint density at radius 2 is 1.89 bits per heavy atom. The van der Waals surface area contributed by atoms with E-state index in [2.05, 4.69) is 20.2 Å². The third-order valence-corrected chi connectivity index (χ3v) is 4.21. The lowest BCUT2D eigenvalue weighted by Crippen LogP contribution is -2.43. The van der Waals surface area contributed by atoms with E-state index in [4.69, 9.17) is 4.74 Å². The highest BCUT2D eigenvalue weighted by atomic mass is 16.5. The molecule has 1 aromatic heterocycles. The summed E-state index contributed by atoms with van der Waals surface area (Å²) in [5.41, 5.74) is 1.03. The number of anilines is 1. The predicted octanol–water partition coefficient (Wildman–Crippen LogP) is 1.10. The Morgan fingerprint density at radius 3 is 2.53 bits per heavy atom. The molecule has 1 N–H and O–H groups in total. The minimum atomic E-state index is 0.400. The van der Waals surface area contributed by atoms with Crippen molar-refractivity contribution < 1.29 is 4.74 Å². The van der Waals surface area contributed by atoms with Crippen LogP contribution in [0.15, 0.2) is 12.4 Å². The highest BCUT2D eigenvalue weighted by molar-refractivity contribution is 5.37. The van der Waals surface area contributed by atoms with Gasteiger partial charge >= 0.3 is 0 Å². The monoisotopic (exact) mass is 260 g/mol. The molecule has 2 saturated heterocycles. The Labute approximate surface area is 113 Å². The molecule has 0 amide bonds. The second kappa shape index (κ2) is 4.72. The molecular formula is C14H20N4O. The van der Waals surface area contributed by atoms with Gasteiger partial charge in [-0.05, 0) is 25.7 Å². The molecular weight excluding hydrogens is 240 g/mol. The number of ether oxygens (including phenoxy) is 1. The summed E-state index contributed by atoms with van der Waals surface area (Å²) in [5, 5.41) is 3.46. The van der Waals surface area contributed by atoms with Crippen LogP contribution in [0.2, 0.25) is 0 Å². The van der Waals surface area contributed by atoms with Gasteiger partial charge in [-0.3, -0.25) is 4.98 Å². The van der Waals surface area contributed by atoms with Crippen molar-refractivity contribution in [1.29, 1.82) is 0 Å². The summed E-state index contributed by atoms with van der Waals surface area (Å²) >= 11 is 0. The Hall–Kier alpha value is -1.20. The van der Waals surface area contributed by atoms with Gasteiger partial charge in [0.15, 0.2) is 0 Å². The molecule has 2 atom stereocenters. The van der Waals surface area contributed by atoms with E-state index in [-0.39, 0.29) is 0 Å². The number of fused-ring (bicyclic) bond motifs is 2. The fourth-order valence-electron chi connectivity index (χ4n) is 2.94. The normalized spacial score (nSPS) is 29.8. The Balaban J connectivity index is 1.40. The third kappa shape index (κ3) is 2.58. The lowest BCUT2D eigenvalue weighted by atomic mass is 10.2. The molecule has 1 aromatic rings. The van der Waals surface area contributed by atoms with Gasteiger partial charge in [0.05, 0.1) is 30.3 Å². The summed E-state index contributed by atoms with van der Waals surface area (Å²) in [6, 6.07) is 0.719. The van der Waals surface area contributed by atoms with E-state index >= 15 is 0 Å². The topological polar surface area (TPSA) is 50.3 Å². The van der Waals surface area contributed by atoms with Crippen LogP contribution >= 0.6 is 0 Å². The van der Waals surface area contributed by atoms with Gasteiger partial charge in [0.1, 0.15) is 5.82 Å². The Bertz CT molecular complexity index is 433. The maximum Gasteiger partial charge on any atom is 0.147 e. The molecule has 1 aliphatic carbocycles. The molecule has 0 aromatic carbocycles. The van der Waals surface area contributed by atoms with Gasteiger partial charge in [0, 0.05) is 25.7 Å². The first-order chi connectivity index (χ1) is 9.37. The van der Waals surface area contributed by atoms with Crippen LogP contribution in [0.3, 0.4) is 0 Å². The molecule has 2 bridgehead atoms. The lowest BCUT2D eigenvalue weighted by molar-refractivity contribution is 0.0302. The van der Waals surface area contributed by atoms with Crippen LogP contribution in [0.1, 0.15) is 31.4 Å². The van der Waals surface area contributed by atoms with Gasteiger partial charge in [-0.15, -0.1) is 0 Å². The average Bonchev–Trinajstić information content (AvgIpc) is 3.22. The molecule has 5 heteroatoms. The molecule has 2 unspecified atom stereocenters. The largest absolute Gasteiger partial charge is 0.371 e. The minimum absolute atomic E-state index is 0.400. The molecule has 0 spiro atoms. The fraction of sp³-hybridized carbons (Fsp3) is 0.714. The zero-order chi connectivity index (χ0) is 12.7. The summed E-state index contributed by atoms with van der Waals surface area (Å²) in [4.78, 5) is 11.4. The van der Waals surface area contributed by atoms with Crippen molar-refractivity contribution in [3.63, 3.8) is 0 Å². The SMILES string of the molecule is c1nc(N2CC3CCC(C2)O3)cnc1CNC1CC1. The first-order valence-corrected chi connectivity index (χ1v) is 7.31. The van der Waals surface area contributed by atoms with Crippen molar-refractivity contribution in [2.45, 2.75) is 50.5 Å². The number of hydrogen-bond acceptors (Lipinski definition) is 5. The highest BCUT2D eigenvalue weighted by Crippen LogP contribution is 2.28. The van der Waals surface area contributed by atoms with Gasteiger partial charge in [-0.2, -0.15) is 0 Å². The standard InChI is InChI=1S/C14H20N4O/c1-2-10(1)15-5-11-6-17-14(7-16-11)18-8-12-3-4-13(9-18)19-12/h6-7,10,12-13,15H,1-5,8-9H2. The molecule has 4 rings (SSSR count). The Kier molecular flexibility index (Phi) is 2.89. The summed E-state index contributed by atoms with van der Waals surface area (Å²) in [5.74, 6) is 0.996. The lowest BCUT2D eigenvalue weighted by Gasteiger charge is -2.32. The summed E-state index contributed by atoms with van der Waals surface area (Å²) in [6.45, 7) is 2.77. The van der Waals surface area contributed by atoms with Gasteiger partial charge in [-0.1, -0.05) is 0 Å². The van der Waals surface area contributed by atoms with Gasteiger partial charge in [0.25, 0.3) is 0 Å². The van der Waals surface area contributed by atoms with Gasteiger partial charge in [0.2, 0.25) is 0 Å². The van der Waals surface area contributed by atoms with Crippen molar-refractivity contribution in [2.75, 3.05) is 18.0 Å². The second-order valence-electron chi connectivity index (χ2n) is 5.88. The number of rotatable bonds is 4. The number of nitrogens with one attached hydrogen (secondary N) is 1. The second-order valence-corrected chi connectivity index (χ2v) is 5.88. The molecule has 102 valence electrons. The van der Waals surface area contributed by atoms with Crippen molar-refractivity contribution >= 4 is 5.82 Å². The molecule has 5 nitrogen and oxygen atoms in total. The molecule has 2 aliphatic heterocycles. The first-order valence-electron chi connectivity index (χ1n) is 7.31. The van der Waals surface area contributed by atoms with Crippen LogP contribution in [-0.4, -0.2) is 41.3 Å². The fourth-order valence-corrected chi connectivity index (χ4v) is 2.94.